The number of anilines is 1. The average molecular weight is 370 g/mol. The van der Waals surface area contributed by atoms with Crippen LogP contribution in [-0.2, 0) is 4.79 Å². The number of para-hydroxylation sites is 2. The number of phenols is 1. The van der Waals surface area contributed by atoms with Crippen LogP contribution >= 0.6 is 0 Å². The molecular formula is C22H30N2O3. The van der Waals surface area contributed by atoms with Gasteiger partial charge in [0, 0.05) is 32.6 Å². The Morgan fingerprint density at radius 1 is 1.04 bits per heavy atom. The van der Waals surface area contributed by atoms with E-state index in [1.54, 1.807) is 6.07 Å². The van der Waals surface area contributed by atoms with Gasteiger partial charge >= 0.3 is 0 Å². The highest BCUT2D eigenvalue weighted by Crippen LogP contribution is 2.62. The summed E-state index contributed by atoms with van der Waals surface area (Å²) < 4.78 is 0. The lowest BCUT2D eigenvalue weighted by Crippen LogP contribution is -2.57. The van der Waals surface area contributed by atoms with Gasteiger partial charge in [-0.1, -0.05) is 12.1 Å². The zero-order valence-corrected chi connectivity index (χ0v) is 15.9. The van der Waals surface area contributed by atoms with Crippen LogP contribution in [0.3, 0.4) is 0 Å². The van der Waals surface area contributed by atoms with Crippen molar-refractivity contribution in [2.75, 3.05) is 31.1 Å². The van der Waals surface area contributed by atoms with Gasteiger partial charge in [-0.05, 0) is 67.9 Å². The third kappa shape index (κ3) is 3.10. The Labute approximate surface area is 161 Å². The van der Waals surface area contributed by atoms with Gasteiger partial charge < -0.3 is 20.0 Å². The molecule has 1 aliphatic heterocycles. The second-order valence-electron chi connectivity index (χ2n) is 9.72. The van der Waals surface area contributed by atoms with Crippen molar-refractivity contribution in [2.45, 2.75) is 50.5 Å². The van der Waals surface area contributed by atoms with Gasteiger partial charge in [0.2, 0.25) is 5.91 Å². The van der Waals surface area contributed by atoms with Gasteiger partial charge in [0.05, 0.1) is 11.3 Å². The third-order valence-corrected chi connectivity index (χ3v) is 7.53. The summed E-state index contributed by atoms with van der Waals surface area (Å²) in [6.07, 6.45) is 6.88. The molecule has 0 aromatic heterocycles. The van der Waals surface area contributed by atoms with Crippen LogP contribution in [0.2, 0.25) is 0 Å². The third-order valence-electron chi connectivity index (χ3n) is 7.53. The standard InChI is InChI=1S/C22H30N2O3/c25-19-4-2-1-3-18(19)23-5-7-24(8-6-23)20(26)14-21-10-16-9-17(11-21)13-22(27,12-16)15-21/h1-4,16-17,25,27H,5-15H2/t16-,17-,21?,22?/m1/s1. The van der Waals surface area contributed by atoms with Crippen molar-refractivity contribution in [3.8, 4) is 5.75 Å². The average Bonchev–Trinajstić information content (AvgIpc) is 2.60. The van der Waals surface area contributed by atoms with E-state index in [2.05, 4.69) is 4.90 Å². The van der Waals surface area contributed by atoms with E-state index in [0.717, 1.165) is 50.9 Å². The van der Waals surface area contributed by atoms with Crippen LogP contribution in [0.15, 0.2) is 24.3 Å². The maximum atomic E-state index is 13.1. The summed E-state index contributed by atoms with van der Waals surface area (Å²) in [7, 11) is 0. The molecule has 2 N–H and O–H groups in total. The van der Waals surface area contributed by atoms with Crippen LogP contribution in [0.1, 0.15) is 44.9 Å². The minimum Gasteiger partial charge on any atom is -0.506 e. The molecular weight excluding hydrogens is 340 g/mol. The Bertz CT molecular complexity index is 727. The lowest BCUT2D eigenvalue weighted by atomic mass is 9.47. The van der Waals surface area contributed by atoms with Crippen LogP contribution in [-0.4, -0.2) is 52.8 Å². The number of piperazine rings is 1. The number of hydrogen-bond donors (Lipinski definition) is 2. The van der Waals surface area contributed by atoms with Crippen molar-refractivity contribution in [3.63, 3.8) is 0 Å². The SMILES string of the molecule is O=C(CC12C[C@H]3C[C@@H](CC(O)(C3)C1)C2)N1CCN(c2ccccc2O)CC1. The fourth-order valence-corrected chi connectivity index (χ4v) is 6.97. The van der Waals surface area contributed by atoms with E-state index in [1.165, 1.54) is 6.42 Å². The maximum Gasteiger partial charge on any atom is 0.223 e. The van der Waals surface area contributed by atoms with Gasteiger partial charge in [-0.25, -0.2) is 0 Å². The first kappa shape index (κ1) is 17.4. The van der Waals surface area contributed by atoms with Crippen LogP contribution in [0.4, 0.5) is 5.69 Å². The second-order valence-corrected chi connectivity index (χ2v) is 9.72. The lowest BCUT2D eigenvalue weighted by molar-refractivity contribution is -0.172. The zero-order chi connectivity index (χ0) is 18.6. The number of benzene rings is 1. The molecule has 4 bridgehead atoms. The Morgan fingerprint density at radius 2 is 1.70 bits per heavy atom. The van der Waals surface area contributed by atoms with Gasteiger partial charge in [0.15, 0.2) is 0 Å². The van der Waals surface area contributed by atoms with Crippen molar-refractivity contribution in [1.29, 1.82) is 0 Å². The van der Waals surface area contributed by atoms with Crippen molar-refractivity contribution < 1.29 is 15.0 Å². The number of aromatic hydroxyl groups is 1. The number of carbonyl (C=O) groups excluding carboxylic acids is 1. The van der Waals surface area contributed by atoms with E-state index >= 15 is 0 Å². The molecule has 6 rings (SSSR count). The number of hydrogen-bond acceptors (Lipinski definition) is 4. The number of nitrogens with zero attached hydrogens (tertiary/aromatic N) is 2. The molecule has 0 spiro atoms. The predicted molar refractivity (Wildman–Crippen MR) is 104 cm³/mol. The number of amides is 1. The minimum atomic E-state index is -0.492. The molecule has 2 atom stereocenters. The monoisotopic (exact) mass is 370 g/mol. The van der Waals surface area contributed by atoms with Gasteiger partial charge in [0.25, 0.3) is 0 Å². The quantitative estimate of drug-likeness (QED) is 0.859. The van der Waals surface area contributed by atoms with Gasteiger partial charge in [0.1, 0.15) is 5.75 Å². The molecule has 5 aliphatic rings. The molecule has 5 fully saturated rings. The fraction of sp³-hybridized carbons (Fsp3) is 0.682. The molecule has 146 valence electrons. The molecule has 0 radical (unpaired) electrons. The molecule has 4 aliphatic carbocycles. The largest absolute Gasteiger partial charge is 0.506 e. The molecule has 1 amide bonds. The van der Waals surface area contributed by atoms with Crippen molar-refractivity contribution in [3.05, 3.63) is 24.3 Å². The maximum absolute atomic E-state index is 13.1. The minimum absolute atomic E-state index is 0.0464. The molecule has 1 aromatic carbocycles. The van der Waals surface area contributed by atoms with Crippen LogP contribution in [0, 0.1) is 17.3 Å². The highest BCUT2D eigenvalue weighted by Gasteiger charge is 2.57. The normalized spacial score (nSPS) is 37.7. The molecule has 1 heterocycles. The van der Waals surface area contributed by atoms with E-state index in [-0.39, 0.29) is 11.3 Å². The predicted octanol–water partition coefficient (Wildman–Crippen LogP) is 2.76. The van der Waals surface area contributed by atoms with E-state index in [4.69, 9.17) is 0 Å². The first-order valence-corrected chi connectivity index (χ1v) is 10.5. The van der Waals surface area contributed by atoms with Crippen LogP contribution in [0.25, 0.3) is 0 Å². The first-order valence-electron chi connectivity index (χ1n) is 10.5. The Hall–Kier alpha value is -1.75. The number of phenolic OH excluding ortho intramolecular Hbond substituents is 1. The second kappa shape index (κ2) is 6.13. The molecule has 0 unspecified atom stereocenters. The first-order chi connectivity index (χ1) is 12.9. The van der Waals surface area contributed by atoms with Crippen LogP contribution in [0.5, 0.6) is 5.75 Å². The Morgan fingerprint density at radius 3 is 2.33 bits per heavy atom. The zero-order valence-electron chi connectivity index (χ0n) is 15.9. The summed E-state index contributed by atoms with van der Waals surface area (Å²) in [5.74, 6) is 1.82. The molecule has 5 heteroatoms. The van der Waals surface area contributed by atoms with Crippen molar-refractivity contribution in [1.82, 2.24) is 4.90 Å². The van der Waals surface area contributed by atoms with E-state index in [1.807, 2.05) is 23.1 Å². The number of carbonyl (C=O) groups is 1. The van der Waals surface area contributed by atoms with E-state index in [0.29, 0.717) is 37.1 Å². The lowest BCUT2D eigenvalue weighted by Gasteiger charge is -2.60. The van der Waals surface area contributed by atoms with Crippen molar-refractivity contribution in [2.24, 2.45) is 17.3 Å². The summed E-state index contributed by atoms with van der Waals surface area (Å²) in [5, 5.41) is 21.0. The van der Waals surface area contributed by atoms with Crippen LogP contribution < -0.4 is 4.90 Å². The molecule has 27 heavy (non-hydrogen) atoms. The van der Waals surface area contributed by atoms with E-state index < -0.39 is 5.60 Å². The highest BCUT2D eigenvalue weighted by molar-refractivity contribution is 5.77. The summed E-state index contributed by atoms with van der Waals surface area (Å²) in [4.78, 5) is 17.2. The topological polar surface area (TPSA) is 64.0 Å². The fourth-order valence-electron chi connectivity index (χ4n) is 6.97. The van der Waals surface area contributed by atoms with Crippen molar-refractivity contribution >= 4 is 11.6 Å². The summed E-state index contributed by atoms with van der Waals surface area (Å²) in [5.41, 5.74) is 0.409. The molecule has 5 nitrogen and oxygen atoms in total. The summed E-state index contributed by atoms with van der Waals surface area (Å²) in [6.45, 7) is 2.93. The number of rotatable bonds is 3. The number of aliphatic hydroxyl groups is 1. The molecule has 1 aromatic rings. The van der Waals surface area contributed by atoms with Gasteiger partial charge in [-0.15, -0.1) is 0 Å². The van der Waals surface area contributed by atoms with Gasteiger partial charge in [-0.3, -0.25) is 4.79 Å². The molecule has 4 saturated carbocycles. The Balaban J connectivity index is 1.22. The highest BCUT2D eigenvalue weighted by atomic mass is 16.3. The molecule has 1 saturated heterocycles. The Kier molecular flexibility index (Phi) is 3.94. The van der Waals surface area contributed by atoms with E-state index in [9.17, 15) is 15.0 Å². The summed E-state index contributed by atoms with van der Waals surface area (Å²) >= 11 is 0. The smallest absolute Gasteiger partial charge is 0.223 e. The summed E-state index contributed by atoms with van der Waals surface area (Å²) in [6, 6.07) is 7.41. The van der Waals surface area contributed by atoms with Gasteiger partial charge in [-0.2, -0.15) is 0 Å².